The second-order valence-electron chi connectivity index (χ2n) is 8.20. The minimum atomic E-state index is -1.01. The van der Waals surface area contributed by atoms with Gasteiger partial charge in [0.1, 0.15) is 16.3 Å². The van der Waals surface area contributed by atoms with Crippen LogP contribution in [-0.2, 0) is 11.2 Å². The lowest BCUT2D eigenvalue weighted by Gasteiger charge is -2.19. The Labute approximate surface area is 196 Å². The molecule has 0 fully saturated rings. The number of benzene rings is 2. The highest BCUT2D eigenvalue weighted by atomic mass is 32.1. The van der Waals surface area contributed by atoms with Gasteiger partial charge in [-0.3, -0.25) is 4.79 Å². The van der Waals surface area contributed by atoms with E-state index in [1.54, 1.807) is 11.3 Å². The van der Waals surface area contributed by atoms with E-state index in [-0.39, 0.29) is 11.5 Å². The fourth-order valence-electron chi connectivity index (χ4n) is 4.64. The summed E-state index contributed by atoms with van der Waals surface area (Å²) in [6.07, 6.45) is 2.28. The lowest BCUT2D eigenvalue weighted by Crippen LogP contribution is -2.11. The molecule has 0 unspecified atom stereocenters. The van der Waals surface area contributed by atoms with E-state index >= 15 is 0 Å². The minimum absolute atomic E-state index is 0.200. The molecule has 3 N–H and O–H groups in total. The van der Waals surface area contributed by atoms with E-state index in [2.05, 4.69) is 22.9 Å². The Balaban J connectivity index is 2.10. The maximum Gasteiger partial charge on any atom is 0.340 e. The normalized spacial score (nSPS) is 11.4. The van der Waals surface area contributed by atoms with Crippen molar-refractivity contribution in [3.8, 4) is 10.8 Å². The zero-order valence-electron chi connectivity index (χ0n) is 19.1. The number of hydrogen-bond acceptors (Lipinski definition) is 4. The fourth-order valence-corrected chi connectivity index (χ4v) is 5.59. The van der Waals surface area contributed by atoms with Gasteiger partial charge in [0.2, 0.25) is 5.91 Å². The number of para-hydroxylation sites is 1. The summed E-state index contributed by atoms with van der Waals surface area (Å²) in [7, 11) is 0. The Bertz CT molecular complexity index is 1370. The van der Waals surface area contributed by atoms with Crippen molar-refractivity contribution in [3.63, 3.8) is 0 Å². The molecule has 0 spiro atoms. The van der Waals surface area contributed by atoms with Crippen LogP contribution in [-0.4, -0.2) is 28.2 Å². The molecule has 33 heavy (non-hydrogen) atoms. The summed E-state index contributed by atoms with van der Waals surface area (Å²) in [6.45, 7) is 6.33. The predicted octanol–water partition coefficient (Wildman–Crippen LogP) is 5.76. The van der Waals surface area contributed by atoms with Gasteiger partial charge in [0.05, 0.1) is 17.6 Å². The van der Waals surface area contributed by atoms with Gasteiger partial charge in [-0.2, -0.15) is 0 Å². The van der Waals surface area contributed by atoms with Crippen molar-refractivity contribution in [3.05, 3.63) is 58.0 Å². The summed E-state index contributed by atoms with van der Waals surface area (Å²) in [5.74, 6) is -0.903. The molecular weight excluding hydrogens is 436 g/mol. The average Bonchev–Trinajstić information content (AvgIpc) is 3.33. The summed E-state index contributed by atoms with van der Waals surface area (Å²) in [6, 6.07) is 10.0. The molecule has 0 saturated carbocycles. The highest BCUT2D eigenvalue weighted by molar-refractivity contribution is 7.12. The van der Waals surface area contributed by atoms with E-state index in [0.717, 1.165) is 38.1 Å². The average molecular weight is 465 g/mol. The van der Waals surface area contributed by atoms with Crippen molar-refractivity contribution >= 4 is 45.0 Å². The van der Waals surface area contributed by atoms with Gasteiger partial charge in [0.25, 0.3) is 0 Å². The first-order valence-electron chi connectivity index (χ1n) is 11.1. The van der Waals surface area contributed by atoms with Crippen molar-refractivity contribution in [2.75, 3.05) is 6.61 Å². The zero-order valence-corrected chi connectivity index (χ0v) is 19.9. The second-order valence-corrected chi connectivity index (χ2v) is 9.10. The van der Waals surface area contributed by atoms with Crippen LogP contribution in [0.25, 0.3) is 26.8 Å². The number of fused-ring (bicyclic) bond motifs is 3. The number of aromatic carboxylic acids is 1. The molecule has 0 aliphatic rings. The van der Waals surface area contributed by atoms with Gasteiger partial charge in [-0.25, -0.2) is 4.79 Å². The van der Waals surface area contributed by atoms with Crippen LogP contribution < -0.4 is 10.5 Å². The van der Waals surface area contributed by atoms with Crippen molar-refractivity contribution in [1.29, 1.82) is 0 Å². The minimum Gasteiger partial charge on any atom is -0.493 e. The van der Waals surface area contributed by atoms with Gasteiger partial charge >= 0.3 is 5.97 Å². The maximum absolute atomic E-state index is 12.7. The quantitative estimate of drug-likeness (QED) is 0.308. The topological polar surface area (TPSA) is 94.6 Å². The first-order valence-corrected chi connectivity index (χ1v) is 12.0. The summed E-state index contributed by atoms with van der Waals surface area (Å²) in [5, 5.41) is 15.1. The number of nitrogens with zero attached hydrogens (tertiary/aromatic N) is 1. The summed E-state index contributed by atoms with van der Waals surface area (Å²) >= 11 is 1.64. The van der Waals surface area contributed by atoms with E-state index < -0.39 is 5.97 Å². The number of ether oxygens (including phenoxy) is 1. The number of amides is 1. The molecule has 172 valence electrons. The van der Waals surface area contributed by atoms with Crippen molar-refractivity contribution in [2.24, 2.45) is 5.73 Å². The molecule has 6 nitrogen and oxygen atoms in total. The fraction of sp³-hybridized carbons (Fsp3) is 0.308. The van der Waals surface area contributed by atoms with Gasteiger partial charge < -0.3 is 20.1 Å². The molecule has 0 aliphatic carbocycles. The molecule has 0 atom stereocenters. The van der Waals surface area contributed by atoms with Gasteiger partial charge in [0, 0.05) is 22.8 Å². The first kappa shape index (κ1) is 22.9. The van der Waals surface area contributed by atoms with Crippen LogP contribution in [0.1, 0.15) is 53.2 Å². The van der Waals surface area contributed by atoms with Crippen molar-refractivity contribution in [2.45, 2.75) is 46.5 Å². The van der Waals surface area contributed by atoms with E-state index in [1.165, 1.54) is 0 Å². The van der Waals surface area contributed by atoms with Crippen LogP contribution in [0.3, 0.4) is 0 Å². The molecular formula is C26H28N2O4S. The van der Waals surface area contributed by atoms with Gasteiger partial charge in [-0.15, -0.1) is 11.3 Å². The van der Waals surface area contributed by atoms with Crippen LogP contribution in [0.5, 0.6) is 5.75 Å². The Morgan fingerprint density at radius 3 is 2.55 bits per heavy atom. The molecule has 7 heteroatoms. The predicted molar refractivity (Wildman–Crippen MR) is 133 cm³/mol. The molecule has 4 rings (SSSR count). The molecule has 0 bridgehead atoms. The Morgan fingerprint density at radius 2 is 1.91 bits per heavy atom. The molecule has 4 aromatic rings. The number of carbonyl (C=O) groups is 2. The largest absolute Gasteiger partial charge is 0.493 e. The number of aryl methyl sites for hydroxylation is 2. The molecule has 2 heterocycles. The molecule has 0 radical (unpaired) electrons. The molecule has 2 aromatic heterocycles. The van der Waals surface area contributed by atoms with E-state index in [1.807, 2.05) is 38.1 Å². The number of carbonyl (C=O) groups excluding carboxylic acids is 1. The van der Waals surface area contributed by atoms with E-state index in [9.17, 15) is 14.7 Å². The van der Waals surface area contributed by atoms with Gasteiger partial charge in [0.15, 0.2) is 0 Å². The first-order chi connectivity index (χ1) is 15.9. The number of carboxylic acid groups (broad SMARTS) is 1. The summed E-state index contributed by atoms with van der Waals surface area (Å²) in [5.41, 5.74) is 10.4. The number of primary amides is 1. The summed E-state index contributed by atoms with van der Waals surface area (Å²) < 4.78 is 8.18. The molecule has 2 aromatic carbocycles. The van der Waals surface area contributed by atoms with Crippen molar-refractivity contribution in [1.82, 2.24) is 4.57 Å². The Morgan fingerprint density at radius 1 is 1.15 bits per heavy atom. The van der Waals surface area contributed by atoms with E-state index in [0.29, 0.717) is 43.4 Å². The molecule has 1 amide bonds. The third kappa shape index (κ3) is 3.97. The third-order valence-corrected chi connectivity index (χ3v) is 7.07. The Hall–Kier alpha value is -3.32. The van der Waals surface area contributed by atoms with Crippen molar-refractivity contribution < 1.29 is 19.4 Å². The van der Waals surface area contributed by atoms with E-state index in [4.69, 9.17) is 10.5 Å². The molecule has 0 aliphatic heterocycles. The number of rotatable bonds is 9. The van der Waals surface area contributed by atoms with Gasteiger partial charge in [-0.05, 0) is 68.7 Å². The number of aromatic nitrogens is 1. The van der Waals surface area contributed by atoms with Crippen LogP contribution in [0, 0.1) is 13.8 Å². The SMILES string of the molecule is CCOc1c(CCCCC(N)=O)c(C)c2c(c1C(=O)O)c1ccccc1n2-c1sccc1C. The van der Waals surface area contributed by atoms with Crippen LogP contribution in [0.4, 0.5) is 0 Å². The lowest BCUT2D eigenvalue weighted by molar-refractivity contribution is -0.118. The van der Waals surface area contributed by atoms with Crippen LogP contribution in [0.2, 0.25) is 0 Å². The van der Waals surface area contributed by atoms with Gasteiger partial charge in [-0.1, -0.05) is 18.2 Å². The molecule has 0 saturated heterocycles. The number of unbranched alkanes of at least 4 members (excludes halogenated alkanes) is 1. The number of thiophene rings is 1. The highest BCUT2D eigenvalue weighted by Gasteiger charge is 2.28. The maximum atomic E-state index is 12.7. The van der Waals surface area contributed by atoms with Crippen LogP contribution in [0.15, 0.2) is 35.7 Å². The number of nitrogens with two attached hydrogens (primary N) is 1. The second kappa shape index (κ2) is 9.27. The number of hydrogen-bond donors (Lipinski definition) is 2. The lowest BCUT2D eigenvalue weighted by atomic mass is 9.93. The van der Waals surface area contributed by atoms with Crippen LogP contribution >= 0.6 is 11.3 Å². The third-order valence-electron chi connectivity index (χ3n) is 6.07. The monoisotopic (exact) mass is 464 g/mol. The Kier molecular flexibility index (Phi) is 6.42. The summed E-state index contributed by atoms with van der Waals surface area (Å²) in [4.78, 5) is 23.8. The standard InChI is InChI=1S/C26H28N2O4S/c1-4-32-24-17(9-6-8-12-20(27)29)16(3)23-21(22(24)26(30)31)18-10-5-7-11-19(18)28(23)25-15(2)13-14-33-25/h5,7,10-11,13-14H,4,6,8-9,12H2,1-3H3,(H2,27,29)(H,30,31). The number of carboxylic acids is 1. The highest BCUT2D eigenvalue weighted by Crippen LogP contribution is 2.44. The smallest absolute Gasteiger partial charge is 0.340 e. The zero-order chi connectivity index (χ0) is 23.7.